The molecule has 1 aliphatic rings. The summed E-state index contributed by atoms with van der Waals surface area (Å²) in [4.78, 5) is 27.1. The quantitative estimate of drug-likeness (QED) is 0.552. The van der Waals surface area contributed by atoms with Gasteiger partial charge in [0.1, 0.15) is 16.9 Å². The average Bonchev–Trinajstić information content (AvgIpc) is 3.22. The summed E-state index contributed by atoms with van der Waals surface area (Å²) in [6.07, 6.45) is -4.69. The summed E-state index contributed by atoms with van der Waals surface area (Å²) in [7, 11) is 0. The molecule has 1 fully saturated rings. The Morgan fingerprint density at radius 2 is 1.74 bits per heavy atom. The van der Waals surface area contributed by atoms with Crippen molar-refractivity contribution in [2.75, 3.05) is 13.1 Å². The maximum atomic E-state index is 13.2. The van der Waals surface area contributed by atoms with Gasteiger partial charge in [0, 0.05) is 13.1 Å². The average molecular weight is 476 g/mol. The molecule has 1 aromatic heterocycles. The fraction of sp³-hybridized carbons (Fsp3) is 0.391. The van der Waals surface area contributed by atoms with Crippen molar-refractivity contribution in [2.24, 2.45) is 0 Å². The molecular weight excluding hydrogens is 453 g/mol. The minimum absolute atomic E-state index is 0.273. The Morgan fingerprint density at radius 1 is 1.06 bits per heavy atom. The van der Waals surface area contributed by atoms with E-state index in [1.54, 1.807) is 39.0 Å². The lowest BCUT2D eigenvalue weighted by Gasteiger charge is -2.24. The number of likely N-dealkylation sites (tertiary alicyclic amines) is 1. The van der Waals surface area contributed by atoms with Crippen molar-refractivity contribution in [3.8, 4) is 16.9 Å². The van der Waals surface area contributed by atoms with Gasteiger partial charge in [0.2, 0.25) is 0 Å². The molecule has 3 aromatic rings. The Balaban J connectivity index is 1.58. The van der Waals surface area contributed by atoms with Crippen LogP contribution in [0.1, 0.15) is 33.2 Å². The molecule has 1 atom stereocenters. The largest absolute Gasteiger partial charge is 0.573 e. The van der Waals surface area contributed by atoms with Crippen LogP contribution in [0.5, 0.6) is 5.75 Å². The van der Waals surface area contributed by atoms with Crippen molar-refractivity contribution in [3.63, 3.8) is 0 Å². The summed E-state index contributed by atoms with van der Waals surface area (Å²) in [5, 5.41) is 8.51. The highest BCUT2D eigenvalue weighted by Crippen LogP contribution is 2.28. The summed E-state index contributed by atoms with van der Waals surface area (Å²) in [5.41, 5.74) is 0.645. The highest BCUT2D eigenvalue weighted by molar-refractivity contribution is 5.83. The minimum Gasteiger partial charge on any atom is -0.444 e. The van der Waals surface area contributed by atoms with Crippen molar-refractivity contribution < 1.29 is 27.4 Å². The molecule has 0 spiro atoms. The zero-order valence-electron chi connectivity index (χ0n) is 18.8. The van der Waals surface area contributed by atoms with Crippen LogP contribution in [0.15, 0.2) is 47.3 Å². The van der Waals surface area contributed by atoms with Crippen molar-refractivity contribution in [3.05, 3.63) is 52.8 Å². The van der Waals surface area contributed by atoms with E-state index in [0.717, 1.165) is 0 Å². The van der Waals surface area contributed by atoms with E-state index in [-0.39, 0.29) is 23.9 Å². The number of nitrogens with zero attached hydrogens (tertiary/aromatic N) is 4. The van der Waals surface area contributed by atoms with E-state index in [1.807, 2.05) is 0 Å². The Kier molecular flexibility index (Phi) is 5.96. The third-order valence-electron chi connectivity index (χ3n) is 5.27. The standard InChI is InChI=1S/C23H23F3N4O4/c1-22(2,3)34-21(32)29-11-10-16(13-29)30-20(31)18-12-15(6-9-19(18)27-28-30)14-4-7-17(8-5-14)33-23(24,25)26/h4-9,12,16H,10-11,13H2,1-3H3. The summed E-state index contributed by atoms with van der Waals surface area (Å²) in [6.45, 7) is 6.05. The lowest BCUT2D eigenvalue weighted by atomic mass is 10.0. The molecule has 11 heteroatoms. The smallest absolute Gasteiger partial charge is 0.444 e. The van der Waals surface area contributed by atoms with Crippen molar-refractivity contribution in [1.82, 2.24) is 19.9 Å². The molecule has 1 unspecified atom stereocenters. The number of hydrogen-bond donors (Lipinski definition) is 0. The van der Waals surface area contributed by atoms with E-state index in [0.29, 0.717) is 35.0 Å². The third kappa shape index (κ3) is 5.29. The van der Waals surface area contributed by atoms with Crippen LogP contribution in [0.3, 0.4) is 0 Å². The number of amides is 1. The van der Waals surface area contributed by atoms with Crippen molar-refractivity contribution in [1.29, 1.82) is 0 Å². The highest BCUT2D eigenvalue weighted by atomic mass is 19.4. The van der Waals surface area contributed by atoms with Crippen LogP contribution >= 0.6 is 0 Å². The fourth-order valence-corrected chi connectivity index (χ4v) is 3.76. The zero-order chi connectivity index (χ0) is 24.7. The first kappa shape index (κ1) is 23.5. The van der Waals surface area contributed by atoms with Gasteiger partial charge >= 0.3 is 12.5 Å². The topological polar surface area (TPSA) is 86.6 Å². The first-order chi connectivity index (χ1) is 15.9. The van der Waals surface area contributed by atoms with Gasteiger partial charge < -0.3 is 14.4 Å². The Labute approximate surface area is 192 Å². The summed E-state index contributed by atoms with van der Waals surface area (Å²) >= 11 is 0. The molecule has 0 N–H and O–H groups in total. The molecule has 0 bridgehead atoms. The monoisotopic (exact) mass is 476 g/mol. The number of fused-ring (bicyclic) bond motifs is 1. The van der Waals surface area contributed by atoms with Gasteiger partial charge in [-0.15, -0.1) is 18.3 Å². The lowest BCUT2D eigenvalue weighted by Crippen LogP contribution is -2.36. The Morgan fingerprint density at radius 3 is 2.38 bits per heavy atom. The molecule has 1 aliphatic heterocycles. The lowest BCUT2D eigenvalue weighted by molar-refractivity contribution is -0.274. The van der Waals surface area contributed by atoms with Crippen LogP contribution in [-0.2, 0) is 4.74 Å². The van der Waals surface area contributed by atoms with Gasteiger partial charge in [0.15, 0.2) is 0 Å². The van der Waals surface area contributed by atoms with E-state index < -0.39 is 18.1 Å². The van der Waals surface area contributed by atoms with Gasteiger partial charge in [-0.05, 0) is 62.6 Å². The number of alkyl halides is 3. The van der Waals surface area contributed by atoms with Gasteiger partial charge in [-0.3, -0.25) is 4.79 Å². The number of benzene rings is 2. The van der Waals surface area contributed by atoms with Crippen LogP contribution < -0.4 is 10.3 Å². The van der Waals surface area contributed by atoms with Crippen LogP contribution in [-0.4, -0.2) is 51.0 Å². The number of carbonyl (C=O) groups is 1. The SMILES string of the molecule is CC(C)(C)OC(=O)N1CCC(n2nnc3ccc(-c4ccc(OC(F)(F)F)cc4)cc3c2=O)C1. The Bertz CT molecular complexity index is 1270. The maximum absolute atomic E-state index is 13.2. The molecule has 180 valence electrons. The third-order valence-corrected chi connectivity index (χ3v) is 5.27. The number of hydrogen-bond acceptors (Lipinski definition) is 6. The van der Waals surface area contributed by atoms with Crippen molar-refractivity contribution >= 4 is 17.0 Å². The van der Waals surface area contributed by atoms with Crippen LogP contribution in [0.4, 0.5) is 18.0 Å². The molecule has 0 saturated carbocycles. The van der Waals surface area contributed by atoms with Gasteiger partial charge in [-0.1, -0.05) is 23.4 Å². The highest BCUT2D eigenvalue weighted by Gasteiger charge is 2.32. The molecule has 8 nitrogen and oxygen atoms in total. The molecule has 1 amide bonds. The second-order valence-corrected chi connectivity index (χ2v) is 9.01. The molecular formula is C23H23F3N4O4. The van der Waals surface area contributed by atoms with E-state index in [2.05, 4.69) is 15.0 Å². The van der Waals surface area contributed by atoms with E-state index in [9.17, 15) is 22.8 Å². The van der Waals surface area contributed by atoms with E-state index in [4.69, 9.17) is 4.74 Å². The van der Waals surface area contributed by atoms with Crippen molar-refractivity contribution in [2.45, 2.75) is 45.2 Å². The summed E-state index contributed by atoms with van der Waals surface area (Å²) < 4.78 is 47.7. The molecule has 0 radical (unpaired) electrons. The summed E-state index contributed by atoms with van der Waals surface area (Å²) in [5.74, 6) is -0.332. The van der Waals surface area contributed by atoms with Gasteiger partial charge in [0.05, 0.1) is 11.4 Å². The molecule has 2 aromatic carbocycles. The van der Waals surface area contributed by atoms with Gasteiger partial charge in [-0.2, -0.15) is 0 Å². The maximum Gasteiger partial charge on any atom is 0.573 e. The minimum atomic E-state index is -4.77. The number of aromatic nitrogens is 3. The zero-order valence-corrected chi connectivity index (χ0v) is 18.8. The first-order valence-corrected chi connectivity index (χ1v) is 10.6. The molecule has 34 heavy (non-hydrogen) atoms. The molecule has 1 saturated heterocycles. The van der Waals surface area contributed by atoms with Crippen LogP contribution in [0.25, 0.3) is 22.0 Å². The second kappa shape index (κ2) is 8.62. The van der Waals surface area contributed by atoms with E-state index >= 15 is 0 Å². The van der Waals surface area contributed by atoms with Gasteiger partial charge in [0.25, 0.3) is 5.56 Å². The summed E-state index contributed by atoms with van der Waals surface area (Å²) in [6, 6.07) is 9.99. The predicted molar refractivity (Wildman–Crippen MR) is 117 cm³/mol. The number of halogens is 3. The predicted octanol–water partition coefficient (Wildman–Crippen LogP) is 4.54. The second-order valence-electron chi connectivity index (χ2n) is 9.01. The number of carbonyl (C=O) groups excluding carboxylic acids is 1. The molecule has 0 aliphatic carbocycles. The van der Waals surface area contributed by atoms with Gasteiger partial charge in [-0.25, -0.2) is 9.48 Å². The Hall–Kier alpha value is -3.63. The molecule has 2 heterocycles. The van der Waals surface area contributed by atoms with Crippen LogP contribution in [0, 0.1) is 0 Å². The number of rotatable bonds is 3. The molecule has 4 rings (SSSR count). The normalized spacial score (nSPS) is 16.6. The van der Waals surface area contributed by atoms with E-state index in [1.165, 1.54) is 33.8 Å². The number of ether oxygens (including phenoxy) is 2. The fourth-order valence-electron chi connectivity index (χ4n) is 3.76. The van der Waals surface area contributed by atoms with Crippen LogP contribution in [0.2, 0.25) is 0 Å². The first-order valence-electron chi connectivity index (χ1n) is 10.6.